The lowest BCUT2D eigenvalue weighted by Gasteiger charge is -2.35. The Hall–Kier alpha value is -1.62. The first-order valence-electron chi connectivity index (χ1n) is 7.77. The van der Waals surface area contributed by atoms with E-state index in [1.165, 1.54) is 0 Å². The molecule has 2 heterocycles. The van der Waals surface area contributed by atoms with Crippen molar-refractivity contribution >= 4 is 11.6 Å². The van der Waals surface area contributed by atoms with Gasteiger partial charge in [0.25, 0.3) is 5.91 Å². The molecule has 21 heavy (non-hydrogen) atoms. The highest BCUT2D eigenvalue weighted by Gasteiger charge is 2.25. The van der Waals surface area contributed by atoms with Crippen LogP contribution < -0.4 is 5.32 Å². The van der Waals surface area contributed by atoms with Crippen molar-refractivity contribution in [3.05, 3.63) is 24.0 Å². The van der Waals surface area contributed by atoms with Crippen molar-refractivity contribution in [1.82, 2.24) is 14.8 Å². The third-order valence-corrected chi connectivity index (χ3v) is 4.10. The lowest BCUT2D eigenvalue weighted by Crippen LogP contribution is -2.44. The van der Waals surface area contributed by atoms with Crippen LogP contribution in [0, 0.1) is 0 Å². The summed E-state index contributed by atoms with van der Waals surface area (Å²) in [6.45, 7) is 4.63. The molecule has 1 fully saturated rings. The summed E-state index contributed by atoms with van der Waals surface area (Å²) in [4.78, 5) is 21.0. The Labute approximate surface area is 127 Å². The van der Waals surface area contributed by atoms with Crippen LogP contribution in [0.15, 0.2) is 18.5 Å². The zero-order chi connectivity index (χ0) is 15.2. The van der Waals surface area contributed by atoms with Crippen molar-refractivity contribution in [1.29, 1.82) is 0 Å². The summed E-state index contributed by atoms with van der Waals surface area (Å²) < 4.78 is 0. The maximum atomic E-state index is 12.7. The van der Waals surface area contributed by atoms with Gasteiger partial charge in [0.05, 0.1) is 11.3 Å². The van der Waals surface area contributed by atoms with Crippen LogP contribution in [-0.4, -0.2) is 60.5 Å². The van der Waals surface area contributed by atoms with Crippen LogP contribution in [0.25, 0.3) is 0 Å². The maximum Gasteiger partial charge on any atom is 0.257 e. The molecule has 0 saturated carbocycles. The van der Waals surface area contributed by atoms with Crippen molar-refractivity contribution in [2.24, 2.45) is 0 Å². The molecular weight excluding hydrogens is 264 g/mol. The quantitative estimate of drug-likeness (QED) is 0.902. The van der Waals surface area contributed by atoms with Crippen LogP contribution in [-0.2, 0) is 0 Å². The molecule has 0 aliphatic carbocycles. The molecular formula is C16H26N4O. The number of aromatic nitrogens is 1. The number of carbonyl (C=O) groups is 1. The molecule has 5 nitrogen and oxygen atoms in total. The van der Waals surface area contributed by atoms with E-state index in [2.05, 4.69) is 36.2 Å². The third kappa shape index (κ3) is 3.94. The van der Waals surface area contributed by atoms with Gasteiger partial charge >= 0.3 is 0 Å². The number of nitrogens with one attached hydrogen (secondary N) is 1. The van der Waals surface area contributed by atoms with E-state index >= 15 is 0 Å². The van der Waals surface area contributed by atoms with Gasteiger partial charge in [-0.25, -0.2) is 0 Å². The van der Waals surface area contributed by atoms with Crippen LogP contribution in [0.5, 0.6) is 0 Å². The second-order valence-corrected chi connectivity index (χ2v) is 5.84. The van der Waals surface area contributed by atoms with Gasteiger partial charge < -0.3 is 15.1 Å². The van der Waals surface area contributed by atoms with Crippen molar-refractivity contribution < 1.29 is 4.79 Å². The molecule has 1 aromatic heterocycles. The first-order valence-corrected chi connectivity index (χ1v) is 7.77. The molecule has 1 aliphatic rings. The molecule has 5 heteroatoms. The molecule has 116 valence electrons. The lowest BCUT2D eigenvalue weighted by atomic mass is 10.0. The molecule has 1 amide bonds. The number of piperidine rings is 1. The summed E-state index contributed by atoms with van der Waals surface area (Å²) in [5.74, 6) is 0.0962. The summed E-state index contributed by atoms with van der Waals surface area (Å²) in [5.41, 5.74) is 1.58. The highest BCUT2D eigenvalue weighted by molar-refractivity contribution is 5.99. The number of nitrogens with zero attached hydrogens (tertiary/aromatic N) is 3. The van der Waals surface area contributed by atoms with E-state index in [4.69, 9.17) is 0 Å². The predicted octanol–water partition coefficient (Wildman–Crippen LogP) is 2.07. The van der Waals surface area contributed by atoms with Crippen molar-refractivity contribution in [3.63, 3.8) is 0 Å². The number of carbonyl (C=O) groups excluding carboxylic acids is 1. The van der Waals surface area contributed by atoms with Crippen LogP contribution in [0.3, 0.4) is 0 Å². The Bertz CT molecular complexity index is 467. The number of likely N-dealkylation sites (tertiary alicyclic amines) is 1. The Morgan fingerprint density at radius 1 is 1.43 bits per heavy atom. The molecule has 1 N–H and O–H groups in total. The van der Waals surface area contributed by atoms with Crippen LogP contribution in [0.1, 0.15) is 36.5 Å². The summed E-state index contributed by atoms with van der Waals surface area (Å²) in [6, 6.07) is 2.47. The van der Waals surface area contributed by atoms with Crippen molar-refractivity contribution in [2.75, 3.05) is 39.0 Å². The molecule has 0 radical (unpaired) electrons. The number of anilines is 1. The molecule has 0 unspecified atom stereocenters. The summed E-state index contributed by atoms with van der Waals surface area (Å²) in [7, 11) is 4.21. The van der Waals surface area contributed by atoms with Gasteiger partial charge in [-0.05, 0) is 39.4 Å². The number of hydrogen-bond acceptors (Lipinski definition) is 4. The molecule has 1 aliphatic heterocycles. The van der Waals surface area contributed by atoms with Gasteiger partial charge in [0.15, 0.2) is 0 Å². The molecule has 2 rings (SSSR count). The SMILES string of the molecule is CCCNc1ccncc1C(=O)N1CCC(N(C)C)CC1. The fourth-order valence-electron chi connectivity index (χ4n) is 2.73. The fraction of sp³-hybridized carbons (Fsp3) is 0.625. The Morgan fingerprint density at radius 3 is 2.76 bits per heavy atom. The zero-order valence-electron chi connectivity index (χ0n) is 13.3. The topological polar surface area (TPSA) is 48.5 Å². The standard InChI is InChI=1S/C16H26N4O/c1-4-8-18-15-5-9-17-12-14(15)16(21)20-10-6-13(7-11-20)19(2)3/h5,9,12-13H,4,6-8,10-11H2,1-3H3,(H,17,18). The normalized spacial score (nSPS) is 16.3. The van der Waals surface area contributed by atoms with E-state index in [-0.39, 0.29) is 5.91 Å². The largest absolute Gasteiger partial charge is 0.384 e. The average molecular weight is 290 g/mol. The predicted molar refractivity (Wildman–Crippen MR) is 85.6 cm³/mol. The number of rotatable bonds is 5. The maximum absolute atomic E-state index is 12.7. The Morgan fingerprint density at radius 2 is 2.14 bits per heavy atom. The van der Waals surface area contributed by atoms with Gasteiger partial charge in [0.2, 0.25) is 0 Å². The van der Waals surface area contributed by atoms with E-state index in [1.54, 1.807) is 12.4 Å². The Balaban J connectivity index is 2.04. The summed E-state index contributed by atoms with van der Waals surface area (Å²) in [5, 5.41) is 3.31. The van der Waals surface area contributed by atoms with E-state index < -0.39 is 0 Å². The van der Waals surface area contributed by atoms with Crippen LogP contribution >= 0.6 is 0 Å². The first kappa shape index (κ1) is 15.8. The van der Waals surface area contributed by atoms with Gasteiger partial charge in [0.1, 0.15) is 0 Å². The molecule has 1 saturated heterocycles. The van der Waals surface area contributed by atoms with E-state index in [9.17, 15) is 4.79 Å². The van der Waals surface area contributed by atoms with Gasteiger partial charge in [-0.1, -0.05) is 6.92 Å². The highest BCUT2D eigenvalue weighted by atomic mass is 16.2. The summed E-state index contributed by atoms with van der Waals surface area (Å²) >= 11 is 0. The third-order valence-electron chi connectivity index (χ3n) is 4.10. The minimum atomic E-state index is 0.0962. The van der Waals surface area contributed by atoms with E-state index in [0.717, 1.165) is 44.6 Å². The minimum Gasteiger partial charge on any atom is -0.384 e. The second kappa shape index (κ2) is 7.41. The summed E-state index contributed by atoms with van der Waals surface area (Å²) in [6.07, 6.45) is 6.52. The van der Waals surface area contributed by atoms with Gasteiger partial charge in [-0.3, -0.25) is 9.78 Å². The number of pyridine rings is 1. The van der Waals surface area contributed by atoms with Gasteiger partial charge in [0, 0.05) is 38.1 Å². The second-order valence-electron chi connectivity index (χ2n) is 5.84. The fourth-order valence-corrected chi connectivity index (χ4v) is 2.73. The van der Waals surface area contributed by atoms with Crippen LogP contribution in [0.2, 0.25) is 0 Å². The van der Waals surface area contributed by atoms with Crippen molar-refractivity contribution in [2.45, 2.75) is 32.2 Å². The smallest absolute Gasteiger partial charge is 0.257 e. The molecule has 0 atom stereocenters. The van der Waals surface area contributed by atoms with Gasteiger partial charge in [-0.15, -0.1) is 0 Å². The monoisotopic (exact) mass is 290 g/mol. The van der Waals surface area contributed by atoms with Crippen LogP contribution in [0.4, 0.5) is 5.69 Å². The van der Waals surface area contributed by atoms with E-state index in [1.807, 2.05) is 11.0 Å². The highest BCUT2D eigenvalue weighted by Crippen LogP contribution is 2.20. The number of hydrogen-bond donors (Lipinski definition) is 1. The molecule has 0 spiro atoms. The first-order chi connectivity index (χ1) is 10.1. The minimum absolute atomic E-state index is 0.0962. The molecule has 0 aromatic carbocycles. The number of amides is 1. The van der Waals surface area contributed by atoms with Crippen molar-refractivity contribution in [3.8, 4) is 0 Å². The zero-order valence-corrected chi connectivity index (χ0v) is 13.3. The lowest BCUT2D eigenvalue weighted by molar-refractivity contribution is 0.0664. The molecule has 0 bridgehead atoms. The van der Waals surface area contributed by atoms with E-state index in [0.29, 0.717) is 11.6 Å². The average Bonchev–Trinajstić information content (AvgIpc) is 2.52. The van der Waals surface area contributed by atoms with Gasteiger partial charge in [-0.2, -0.15) is 0 Å². The molecule has 1 aromatic rings. The Kier molecular flexibility index (Phi) is 5.56.